The fourth-order valence-corrected chi connectivity index (χ4v) is 1.25. The standard InChI is InChI=1S/C7H16.C6H14.C3H8.CH4/c1-3-5-7-6-4-2;1-4-5-6(2)3;1-3-2;/h3-7H2,1-2H3;6H,4-5H2,1-3H3;3H2,1-2H3;1H4. The number of hydrogen-bond acceptors (Lipinski definition) is 0. The Hall–Kier alpha value is 0. The summed E-state index contributed by atoms with van der Waals surface area (Å²) in [7, 11) is 0. The predicted molar refractivity (Wildman–Crippen MR) is 86.9 cm³/mol. The van der Waals surface area contributed by atoms with Crippen LogP contribution in [0.4, 0.5) is 0 Å². The van der Waals surface area contributed by atoms with Crippen molar-refractivity contribution in [2.24, 2.45) is 5.92 Å². The van der Waals surface area contributed by atoms with Gasteiger partial charge in [-0.2, -0.15) is 0 Å². The molecule has 0 aromatic heterocycles. The normalized spacial score (nSPS) is 8.47. The predicted octanol–water partition coefficient (Wildman–Crippen LogP) is 7.47. The molecule has 0 fully saturated rings. The summed E-state index contributed by atoms with van der Waals surface area (Å²) in [6.07, 6.45) is 11.0. The van der Waals surface area contributed by atoms with Gasteiger partial charge in [0.1, 0.15) is 0 Å². The molecule has 0 unspecified atom stereocenters. The Morgan fingerprint density at radius 1 is 0.647 bits per heavy atom. The molecule has 0 aromatic rings. The average Bonchev–Trinajstić information content (AvgIpc) is 2.20. The topological polar surface area (TPSA) is 0 Å². The first-order chi connectivity index (χ1) is 7.60. The average molecular weight is 247 g/mol. The molecular formula is C17H42. The minimum atomic E-state index is 0. The van der Waals surface area contributed by atoms with Gasteiger partial charge in [-0.25, -0.2) is 0 Å². The summed E-state index contributed by atoms with van der Waals surface area (Å²) < 4.78 is 0. The number of rotatable bonds is 6. The van der Waals surface area contributed by atoms with Gasteiger partial charge in [0, 0.05) is 0 Å². The fraction of sp³-hybridized carbons (Fsp3) is 1.00. The van der Waals surface area contributed by atoms with Crippen molar-refractivity contribution in [1.29, 1.82) is 0 Å². The van der Waals surface area contributed by atoms with Crippen molar-refractivity contribution < 1.29 is 0 Å². The molecule has 0 aliphatic heterocycles. The molecule has 0 heterocycles. The van der Waals surface area contributed by atoms with E-state index in [0.717, 1.165) is 5.92 Å². The molecule has 0 heteroatoms. The van der Waals surface area contributed by atoms with E-state index in [1.165, 1.54) is 51.4 Å². The van der Waals surface area contributed by atoms with Crippen LogP contribution in [0.3, 0.4) is 0 Å². The minimum Gasteiger partial charge on any atom is -0.0776 e. The maximum absolute atomic E-state index is 2.25. The second kappa shape index (κ2) is 29.8. The SMILES string of the molecule is C.CCC.CCCC(C)C.CCCCCCC. The second-order valence-electron chi connectivity index (χ2n) is 4.95. The molecule has 0 nitrogen and oxygen atoms in total. The summed E-state index contributed by atoms with van der Waals surface area (Å²) >= 11 is 0. The summed E-state index contributed by atoms with van der Waals surface area (Å²) in [5.41, 5.74) is 0. The van der Waals surface area contributed by atoms with Crippen LogP contribution in [-0.2, 0) is 0 Å². The van der Waals surface area contributed by atoms with Gasteiger partial charge in [0.15, 0.2) is 0 Å². The molecule has 0 aliphatic carbocycles. The molecule has 0 saturated carbocycles. The van der Waals surface area contributed by atoms with Crippen LogP contribution in [0.5, 0.6) is 0 Å². The van der Waals surface area contributed by atoms with E-state index in [1.807, 2.05) is 0 Å². The first kappa shape index (κ1) is 25.8. The molecule has 110 valence electrons. The Labute approximate surface area is 114 Å². The Bertz CT molecular complexity index is 70.1. The molecular weight excluding hydrogens is 204 g/mol. The van der Waals surface area contributed by atoms with E-state index >= 15 is 0 Å². The molecule has 0 radical (unpaired) electrons. The smallest absolute Gasteiger partial charge is 0.0471 e. The highest BCUT2D eigenvalue weighted by Crippen LogP contribution is 2.00. The van der Waals surface area contributed by atoms with E-state index in [-0.39, 0.29) is 7.43 Å². The van der Waals surface area contributed by atoms with E-state index in [9.17, 15) is 0 Å². The monoisotopic (exact) mass is 246 g/mol. The third-order valence-corrected chi connectivity index (χ3v) is 2.07. The molecule has 0 aliphatic rings. The lowest BCUT2D eigenvalue weighted by Gasteiger charge is -1.95. The third-order valence-electron chi connectivity index (χ3n) is 2.07. The van der Waals surface area contributed by atoms with Gasteiger partial charge in [-0.1, -0.05) is 107 Å². The zero-order chi connectivity index (χ0) is 13.2. The van der Waals surface area contributed by atoms with Crippen LogP contribution in [0.1, 0.15) is 107 Å². The lowest BCUT2D eigenvalue weighted by atomic mass is 10.1. The molecule has 0 spiro atoms. The molecule has 0 saturated heterocycles. The van der Waals surface area contributed by atoms with Gasteiger partial charge in [0.2, 0.25) is 0 Å². The van der Waals surface area contributed by atoms with Gasteiger partial charge in [0.25, 0.3) is 0 Å². The van der Waals surface area contributed by atoms with E-state index in [2.05, 4.69) is 48.5 Å². The van der Waals surface area contributed by atoms with Gasteiger partial charge in [-0.15, -0.1) is 0 Å². The summed E-state index contributed by atoms with van der Waals surface area (Å²) in [6.45, 7) is 15.5. The Morgan fingerprint density at radius 3 is 1.12 bits per heavy atom. The van der Waals surface area contributed by atoms with Crippen LogP contribution in [-0.4, -0.2) is 0 Å². The molecule has 0 aromatic carbocycles. The van der Waals surface area contributed by atoms with Crippen LogP contribution in [0, 0.1) is 5.92 Å². The van der Waals surface area contributed by atoms with Crippen molar-refractivity contribution >= 4 is 0 Å². The van der Waals surface area contributed by atoms with Crippen LogP contribution < -0.4 is 0 Å². The highest BCUT2D eigenvalue weighted by molar-refractivity contribution is 4.38. The molecule has 0 bridgehead atoms. The van der Waals surface area contributed by atoms with Crippen LogP contribution >= 0.6 is 0 Å². The van der Waals surface area contributed by atoms with Crippen molar-refractivity contribution in [3.63, 3.8) is 0 Å². The largest absolute Gasteiger partial charge is 0.0776 e. The zero-order valence-corrected chi connectivity index (χ0v) is 13.2. The van der Waals surface area contributed by atoms with Crippen molar-refractivity contribution in [3.05, 3.63) is 0 Å². The molecule has 0 rings (SSSR count). The van der Waals surface area contributed by atoms with E-state index in [0.29, 0.717) is 0 Å². The Kier molecular flexibility index (Phi) is 45.1. The summed E-state index contributed by atoms with van der Waals surface area (Å²) in [4.78, 5) is 0. The molecule has 0 atom stereocenters. The lowest BCUT2D eigenvalue weighted by Crippen LogP contribution is -1.81. The van der Waals surface area contributed by atoms with Crippen molar-refractivity contribution in [1.82, 2.24) is 0 Å². The Morgan fingerprint density at radius 2 is 1.00 bits per heavy atom. The third kappa shape index (κ3) is 64.0. The van der Waals surface area contributed by atoms with Crippen LogP contribution in [0.15, 0.2) is 0 Å². The lowest BCUT2D eigenvalue weighted by molar-refractivity contribution is 0.576. The van der Waals surface area contributed by atoms with Crippen molar-refractivity contribution in [3.8, 4) is 0 Å². The number of hydrogen-bond donors (Lipinski definition) is 0. The van der Waals surface area contributed by atoms with Crippen LogP contribution in [0.25, 0.3) is 0 Å². The quantitative estimate of drug-likeness (QED) is 0.426. The molecule has 0 N–H and O–H groups in total. The molecule has 17 heavy (non-hydrogen) atoms. The number of unbranched alkanes of at least 4 members (excludes halogenated alkanes) is 4. The maximum Gasteiger partial charge on any atom is -0.0471 e. The second-order valence-corrected chi connectivity index (χ2v) is 4.95. The highest BCUT2D eigenvalue weighted by Gasteiger charge is 1.85. The van der Waals surface area contributed by atoms with Gasteiger partial charge in [-0.3, -0.25) is 0 Å². The van der Waals surface area contributed by atoms with E-state index in [4.69, 9.17) is 0 Å². The van der Waals surface area contributed by atoms with Gasteiger partial charge >= 0.3 is 0 Å². The van der Waals surface area contributed by atoms with Gasteiger partial charge in [0.05, 0.1) is 0 Å². The van der Waals surface area contributed by atoms with Crippen LogP contribution in [0.2, 0.25) is 0 Å². The van der Waals surface area contributed by atoms with Crippen molar-refractivity contribution in [2.75, 3.05) is 0 Å². The van der Waals surface area contributed by atoms with Gasteiger partial charge < -0.3 is 0 Å². The highest BCUT2D eigenvalue weighted by atomic mass is 13.9. The van der Waals surface area contributed by atoms with E-state index < -0.39 is 0 Å². The summed E-state index contributed by atoms with van der Waals surface area (Å²) in [5.74, 6) is 0.898. The zero-order valence-electron chi connectivity index (χ0n) is 13.2. The van der Waals surface area contributed by atoms with E-state index in [1.54, 1.807) is 0 Å². The summed E-state index contributed by atoms with van der Waals surface area (Å²) in [5, 5.41) is 0. The summed E-state index contributed by atoms with van der Waals surface area (Å²) in [6, 6.07) is 0. The first-order valence-corrected chi connectivity index (χ1v) is 7.60. The van der Waals surface area contributed by atoms with Crippen molar-refractivity contribution in [2.45, 2.75) is 107 Å². The molecule has 0 amide bonds. The van der Waals surface area contributed by atoms with Gasteiger partial charge in [-0.05, 0) is 5.92 Å². The maximum atomic E-state index is 2.25. The fourth-order valence-electron chi connectivity index (χ4n) is 1.25. The Balaban J connectivity index is -0.0000000778. The minimum absolute atomic E-state index is 0. The first-order valence-electron chi connectivity index (χ1n) is 7.60.